The molecule has 0 radical (unpaired) electrons. The molecule has 166 valence electrons. The highest BCUT2D eigenvalue weighted by molar-refractivity contribution is 6.30. The molecule has 0 aliphatic carbocycles. The smallest absolute Gasteiger partial charge is 0.313 e. The predicted octanol–water partition coefficient (Wildman–Crippen LogP) is 4.46. The molecule has 3 rings (SSSR count). The first kappa shape index (κ1) is 22.8. The molecule has 1 aliphatic heterocycles. The molecule has 0 unspecified atom stereocenters. The maximum atomic E-state index is 13.0. The number of halogens is 1. The molecule has 2 aromatic carbocycles. The van der Waals surface area contributed by atoms with Crippen molar-refractivity contribution >= 4 is 23.2 Å². The summed E-state index contributed by atoms with van der Waals surface area (Å²) in [6.45, 7) is 8.44. The highest BCUT2D eigenvalue weighted by atomic mass is 35.5. The molecule has 0 N–H and O–H groups in total. The number of nitro groups is 1. The zero-order chi connectivity index (χ0) is 22.5. The van der Waals surface area contributed by atoms with Crippen molar-refractivity contribution in [2.24, 2.45) is 5.92 Å². The Morgan fingerprint density at radius 3 is 2.39 bits per heavy atom. The molecule has 8 nitrogen and oxygen atoms in total. The largest absolute Gasteiger partial charge is 0.493 e. The van der Waals surface area contributed by atoms with Crippen LogP contribution in [0.15, 0.2) is 36.4 Å². The fraction of sp³-hybridized carbons (Fsp3) is 0.409. The zero-order valence-corrected chi connectivity index (χ0v) is 18.6. The third-order valence-electron chi connectivity index (χ3n) is 5.03. The highest BCUT2D eigenvalue weighted by Gasteiger charge is 2.24. The van der Waals surface area contributed by atoms with E-state index in [4.69, 9.17) is 21.1 Å². The fourth-order valence-corrected chi connectivity index (χ4v) is 3.72. The molecule has 9 heteroatoms. The number of carbonyl (C=O) groups is 1. The van der Waals surface area contributed by atoms with Gasteiger partial charge in [0, 0.05) is 49.4 Å². The lowest BCUT2D eigenvalue weighted by Crippen LogP contribution is -2.49. The standard InChI is InChI=1S/C22H26ClN3O5/c1-15(2)14-24-8-10-25(11-9-24)22(27)16-4-6-20(21(12-16)30-3)31-19-7-5-17(23)13-18(19)26(28)29/h4-7,12-13,15H,8-11,14H2,1-3H3. The van der Waals surface area contributed by atoms with Crippen LogP contribution in [0.4, 0.5) is 5.69 Å². The molecule has 0 spiro atoms. The van der Waals surface area contributed by atoms with E-state index in [9.17, 15) is 14.9 Å². The van der Waals surface area contributed by atoms with Crippen molar-refractivity contribution in [3.8, 4) is 17.2 Å². The number of nitrogens with zero attached hydrogens (tertiary/aromatic N) is 3. The van der Waals surface area contributed by atoms with E-state index in [1.165, 1.54) is 25.3 Å². The summed E-state index contributed by atoms with van der Waals surface area (Å²) in [6, 6.07) is 8.98. The van der Waals surface area contributed by atoms with E-state index in [-0.39, 0.29) is 28.1 Å². The fourth-order valence-electron chi connectivity index (χ4n) is 3.56. The Balaban J connectivity index is 1.75. The molecule has 2 aromatic rings. The van der Waals surface area contributed by atoms with Crippen molar-refractivity contribution in [2.75, 3.05) is 39.8 Å². The molecular weight excluding hydrogens is 422 g/mol. The van der Waals surface area contributed by atoms with Gasteiger partial charge in [-0.1, -0.05) is 25.4 Å². The van der Waals surface area contributed by atoms with Crippen molar-refractivity contribution in [1.29, 1.82) is 0 Å². The number of nitro benzene ring substituents is 1. The minimum atomic E-state index is -0.565. The number of piperazine rings is 1. The van der Waals surface area contributed by atoms with Crippen LogP contribution >= 0.6 is 11.6 Å². The van der Waals surface area contributed by atoms with Crippen LogP contribution in [0.3, 0.4) is 0 Å². The lowest BCUT2D eigenvalue weighted by molar-refractivity contribution is -0.385. The second kappa shape index (κ2) is 9.98. The number of ether oxygens (including phenoxy) is 2. The molecule has 0 aromatic heterocycles. The summed E-state index contributed by atoms with van der Waals surface area (Å²) in [5.41, 5.74) is 0.223. The molecule has 1 saturated heterocycles. The van der Waals surface area contributed by atoms with Gasteiger partial charge in [0.25, 0.3) is 5.91 Å². The number of amides is 1. The van der Waals surface area contributed by atoms with E-state index < -0.39 is 4.92 Å². The average molecular weight is 448 g/mol. The Bertz CT molecular complexity index is 958. The summed E-state index contributed by atoms with van der Waals surface area (Å²) in [7, 11) is 1.46. The summed E-state index contributed by atoms with van der Waals surface area (Å²) in [5.74, 6) is 1.13. The molecule has 1 aliphatic rings. The van der Waals surface area contributed by atoms with Gasteiger partial charge < -0.3 is 14.4 Å². The van der Waals surface area contributed by atoms with Crippen molar-refractivity contribution in [1.82, 2.24) is 9.80 Å². The topological polar surface area (TPSA) is 85.2 Å². The van der Waals surface area contributed by atoms with Gasteiger partial charge in [-0.3, -0.25) is 19.8 Å². The molecule has 0 bridgehead atoms. The number of hydrogen-bond acceptors (Lipinski definition) is 6. The van der Waals surface area contributed by atoms with Gasteiger partial charge in [0.05, 0.1) is 12.0 Å². The third kappa shape index (κ3) is 5.65. The molecule has 1 heterocycles. The van der Waals surface area contributed by atoms with Gasteiger partial charge in [0.15, 0.2) is 11.5 Å². The third-order valence-corrected chi connectivity index (χ3v) is 5.27. The van der Waals surface area contributed by atoms with Crippen molar-refractivity contribution < 1.29 is 19.2 Å². The summed E-state index contributed by atoms with van der Waals surface area (Å²) in [6.07, 6.45) is 0. The Kier molecular flexibility index (Phi) is 7.35. The van der Waals surface area contributed by atoms with Crippen LogP contribution in [0.2, 0.25) is 5.02 Å². The van der Waals surface area contributed by atoms with Crippen LogP contribution in [0, 0.1) is 16.0 Å². The van der Waals surface area contributed by atoms with Gasteiger partial charge in [-0.05, 0) is 36.2 Å². The van der Waals surface area contributed by atoms with Crippen LogP contribution in [0.25, 0.3) is 0 Å². The first-order valence-electron chi connectivity index (χ1n) is 10.1. The monoisotopic (exact) mass is 447 g/mol. The van der Waals surface area contributed by atoms with E-state index in [0.29, 0.717) is 30.3 Å². The second-order valence-electron chi connectivity index (χ2n) is 7.82. The number of hydrogen-bond donors (Lipinski definition) is 0. The summed E-state index contributed by atoms with van der Waals surface area (Å²) in [5, 5.41) is 11.5. The van der Waals surface area contributed by atoms with Gasteiger partial charge in [-0.2, -0.15) is 0 Å². The minimum absolute atomic E-state index is 0.0352. The van der Waals surface area contributed by atoms with Crippen molar-refractivity contribution in [2.45, 2.75) is 13.8 Å². The predicted molar refractivity (Wildman–Crippen MR) is 118 cm³/mol. The molecule has 1 amide bonds. The van der Waals surface area contributed by atoms with Gasteiger partial charge in [-0.15, -0.1) is 0 Å². The Labute approximate surface area is 186 Å². The minimum Gasteiger partial charge on any atom is -0.493 e. The van der Waals surface area contributed by atoms with E-state index in [1.807, 2.05) is 4.90 Å². The SMILES string of the molecule is COc1cc(C(=O)N2CCN(CC(C)C)CC2)ccc1Oc1ccc(Cl)cc1[N+](=O)[O-]. The van der Waals surface area contributed by atoms with Gasteiger partial charge in [0.1, 0.15) is 0 Å². The van der Waals surface area contributed by atoms with E-state index >= 15 is 0 Å². The second-order valence-corrected chi connectivity index (χ2v) is 8.26. The molecule has 1 fully saturated rings. The van der Waals surface area contributed by atoms with Crippen LogP contribution in [0.5, 0.6) is 17.2 Å². The van der Waals surface area contributed by atoms with Crippen LogP contribution in [-0.2, 0) is 0 Å². The maximum Gasteiger partial charge on any atom is 0.313 e. The Morgan fingerprint density at radius 1 is 1.10 bits per heavy atom. The number of methoxy groups -OCH3 is 1. The average Bonchev–Trinajstić information content (AvgIpc) is 2.74. The van der Waals surface area contributed by atoms with Crippen molar-refractivity contribution in [3.63, 3.8) is 0 Å². The number of carbonyl (C=O) groups excluding carboxylic acids is 1. The van der Waals surface area contributed by atoms with Gasteiger partial charge >= 0.3 is 5.69 Å². The van der Waals surface area contributed by atoms with Crippen LogP contribution in [0.1, 0.15) is 24.2 Å². The maximum absolute atomic E-state index is 13.0. The quantitative estimate of drug-likeness (QED) is 0.460. The van der Waals surface area contributed by atoms with Gasteiger partial charge in [-0.25, -0.2) is 0 Å². The van der Waals surface area contributed by atoms with E-state index in [1.54, 1.807) is 18.2 Å². The normalized spacial score (nSPS) is 14.5. The first-order chi connectivity index (χ1) is 14.8. The molecule has 31 heavy (non-hydrogen) atoms. The van der Waals surface area contributed by atoms with E-state index in [2.05, 4.69) is 18.7 Å². The zero-order valence-electron chi connectivity index (χ0n) is 17.8. The molecule has 0 saturated carbocycles. The molecular formula is C22H26ClN3O5. The summed E-state index contributed by atoms with van der Waals surface area (Å²) >= 11 is 5.86. The first-order valence-corrected chi connectivity index (χ1v) is 10.5. The summed E-state index contributed by atoms with van der Waals surface area (Å²) < 4.78 is 11.1. The van der Waals surface area contributed by atoms with Crippen LogP contribution in [-0.4, -0.2) is 60.5 Å². The lowest BCUT2D eigenvalue weighted by Gasteiger charge is -2.35. The summed E-state index contributed by atoms with van der Waals surface area (Å²) in [4.78, 5) is 27.9. The highest BCUT2D eigenvalue weighted by Crippen LogP contribution is 2.38. The Hall–Kier alpha value is -2.84. The Morgan fingerprint density at radius 2 is 1.77 bits per heavy atom. The van der Waals surface area contributed by atoms with Gasteiger partial charge in [0.2, 0.25) is 5.75 Å². The molecule has 0 atom stereocenters. The van der Waals surface area contributed by atoms with Crippen molar-refractivity contribution in [3.05, 3.63) is 57.1 Å². The lowest BCUT2D eigenvalue weighted by atomic mass is 10.1. The number of benzene rings is 2. The van der Waals surface area contributed by atoms with Crippen LogP contribution < -0.4 is 9.47 Å². The van der Waals surface area contributed by atoms with E-state index in [0.717, 1.165) is 19.6 Å². The number of rotatable bonds is 7.